The lowest BCUT2D eigenvalue weighted by Crippen LogP contribution is -2.32. The Balaban J connectivity index is 1.38. The topological polar surface area (TPSA) is 100 Å². The van der Waals surface area contributed by atoms with Gasteiger partial charge in [-0.3, -0.25) is 14.4 Å². The van der Waals surface area contributed by atoms with Gasteiger partial charge >= 0.3 is 0 Å². The van der Waals surface area contributed by atoms with Crippen LogP contribution in [0.2, 0.25) is 0 Å². The lowest BCUT2D eigenvalue weighted by Gasteiger charge is -2.15. The number of phenols is 1. The number of aromatic hydroxyl groups is 1. The van der Waals surface area contributed by atoms with E-state index in [1.807, 2.05) is 41.0 Å². The van der Waals surface area contributed by atoms with Gasteiger partial charge in [-0.2, -0.15) is 0 Å². The minimum absolute atomic E-state index is 0.0347. The van der Waals surface area contributed by atoms with Crippen molar-refractivity contribution in [1.29, 1.82) is 0 Å². The van der Waals surface area contributed by atoms with Crippen molar-refractivity contribution in [3.63, 3.8) is 0 Å². The molecule has 0 fully saturated rings. The van der Waals surface area contributed by atoms with Crippen LogP contribution < -0.4 is 16.1 Å². The highest BCUT2D eigenvalue weighted by molar-refractivity contribution is 5.95. The van der Waals surface area contributed by atoms with Crippen molar-refractivity contribution in [3.05, 3.63) is 88.6 Å². The molecule has 0 bridgehead atoms. The zero-order valence-corrected chi connectivity index (χ0v) is 17.4. The van der Waals surface area contributed by atoms with Crippen molar-refractivity contribution in [3.8, 4) is 5.75 Å². The second kappa shape index (κ2) is 9.34. The Bertz CT molecular complexity index is 1300. The Morgan fingerprint density at radius 2 is 1.44 bits per heavy atom. The smallest absolute Gasteiger partial charge is 0.251 e. The number of benzene rings is 3. The van der Waals surface area contributed by atoms with Gasteiger partial charge in [-0.1, -0.05) is 30.3 Å². The number of nitrogens with one attached hydrogen (secondary N) is 2. The standard InChI is InChI=1S/C25H23N3O4/c29-18-8-5-7-17(15-18)25(32)27-14-6-13-26-23(30)16-28-21-11-3-1-9-19(21)24(31)20-10-2-4-12-22(20)28/h1-5,7-12,15,29H,6,13-14,16H2,(H,26,30)(H,27,32). The van der Waals surface area contributed by atoms with Gasteiger partial charge < -0.3 is 20.3 Å². The van der Waals surface area contributed by atoms with Crippen LogP contribution in [-0.2, 0) is 11.3 Å². The van der Waals surface area contributed by atoms with Gasteiger partial charge in [0.05, 0.1) is 11.0 Å². The molecule has 0 spiro atoms. The fraction of sp³-hybridized carbons (Fsp3) is 0.160. The number of pyridine rings is 1. The van der Waals surface area contributed by atoms with Gasteiger partial charge in [0, 0.05) is 29.4 Å². The van der Waals surface area contributed by atoms with Crippen molar-refractivity contribution in [2.24, 2.45) is 0 Å². The molecule has 4 aromatic rings. The van der Waals surface area contributed by atoms with E-state index in [4.69, 9.17) is 0 Å². The average molecular weight is 429 g/mol. The molecule has 3 N–H and O–H groups in total. The molecule has 0 saturated heterocycles. The molecular weight excluding hydrogens is 406 g/mol. The molecule has 0 unspecified atom stereocenters. The van der Waals surface area contributed by atoms with Crippen molar-refractivity contribution < 1.29 is 14.7 Å². The fourth-order valence-electron chi connectivity index (χ4n) is 3.71. The van der Waals surface area contributed by atoms with Crippen LogP contribution in [0.25, 0.3) is 21.8 Å². The molecule has 4 rings (SSSR count). The summed E-state index contributed by atoms with van der Waals surface area (Å²) in [5, 5.41) is 16.2. The first-order chi connectivity index (χ1) is 15.5. The summed E-state index contributed by atoms with van der Waals surface area (Å²) in [6.45, 7) is 0.866. The van der Waals surface area contributed by atoms with Gasteiger partial charge in [-0.05, 0) is 48.9 Å². The van der Waals surface area contributed by atoms with E-state index in [0.717, 1.165) is 0 Å². The predicted molar refractivity (Wildman–Crippen MR) is 124 cm³/mol. The Morgan fingerprint density at radius 3 is 2.09 bits per heavy atom. The maximum Gasteiger partial charge on any atom is 0.251 e. The van der Waals surface area contributed by atoms with Gasteiger partial charge in [-0.15, -0.1) is 0 Å². The maximum atomic E-state index is 12.8. The van der Waals surface area contributed by atoms with Crippen molar-refractivity contribution in [2.45, 2.75) is 13.0 Å². The molecule has 0 saturated carbocycles. The summed E-state index contributed by atoms with van der Waals surface area (Å²) in [4.78, 5) is 37.5. The molecule has 0 atom stereocenters. The SMILES string of the molecule is O=C(Cn1c2ccccc2c(=O)c2ccccc21)NCCCNC(=O)c1cccc(O)c1. The van der Waals surface area contributed by atoms with E-state index < -0.39 is 0 Å². The number of phenolic OH excluding ortho intramolecular Hbond substituents is 1. The number of fused-ring (bicyclic) bond motifs is 2. The van der Waals surface area contributed by atoms with E-state index in [1.165, 1.54) is 12.1 Å². The lowest BCUT2D eigenvalue weighted by molar-refractivity contribution is -0.121. The van der Waals surface area contributed by atoms with Crippen molar-refractivity contribution >= 4 is 33.6 Å². The normalized spacial score (nSPS) is 10.9. The molecule has 0 aliphatic carbocycles. The first-order valence-corrected chi connectivity index (χ1v) is 10.4. The molecule has 32 heavy (non-hydrogen) atoms. The molecule has 2 amide bonds. The first kappa shape index (κ1) is 21.1. The van der Waals surface area contributed by atoms with E-state index >= 15 is 0 Å². The Morgan fingerprint density at radius 1 is 0.812 bits per heavy atom. The van der Waals surface area contributed by atoms with Gasteiger partial charge in [0.1, 0.15) is 12.3 Å². The third-order valence-corrected chi connectivity index (χ3v) is 5.25. The van der Waals surface area contributed by atoms with Crippen LogP contribution in [0, 0.1) is 0 Å². The monoisotopic (exact) mass is 429 g/mol. The van der Waals surface area contributed by atoms with Crippen LogP contribution >= 0.6 is 0 Å². The van der Waals surface area contributed by atoms with Crippen LogP contribution in [0.5, 0.6) is 5.75 Å². The highest BCUT2D eigenvalue weighted by atomic mass is 16.3. The lowest BCUT2D eigenvalue weighted by atomic mass is 10.1. The number of nitrogens with zero attached hydrogens (tertiary/aromatic N) is 1. The van der Waals surface area contributed by atoms with Gasteiger partial charge in [0.15, 0.2) is 5.43 Å². The molecule has 3 aromatic carbocycles. The fourth-order valence-corrected chi connectivity index (χ4v) is 3.71. The number of para-hydroxylation sites is 2. The molecule has 1 aromatic heterocycles. The van der Waals surface area contributed by atoms with E-state index in [9.17, 15) is 19.5 Å². The van der Waals surface area contributed by atoms with Crippen LogP contribution in [0.15, 0.2) is 77.6 Å². The van der Waals surface area contributed by atoms with E-state index in [0.29, 0.717) is 46.9 Å². The number of carbonyl (C=O) groups excluding carboxylic acids is 2. The molecule has 0 aliphatic heterocycles. The van der Waals surface area contributed by atoms with E-state index in [-0.39, 0.29) is 29.5 Å². The average Bonchev–Trinajstić information content (AvgIpc) is 2.81. The van der Waals surface area contributed by atoms with Gasteiger partial charge in [-0.25, -0.2) is 0 Å². The van der Waals surface area contributed by atoms with Crippen LogP contribution in [0.1, 0.15) is 16.8 Å². The van der Waals surface area contributed by atoms with Crippen LogP contribution in [-0.4, -0.2) is 34.6 Å². The number of aromatic nitrogens is 1. The minimum atomic E-state index is -0.279. The third-order valence-electron chi connectivity index (χ3n) is 5.25. The largest absolute Gasteiger partial charge is 0.508 e. The summed E-state index contributed by atoms with van der Waals surface area (Å²) in [7, 11) is 0. The summed E-state index contributed by atoms with van der Waals surface area (Å²) >= 11 is 0. The molecule has 1 heterocycles. The summed E-state index contributed by atoms with van der Waals surface area (Å²) in [5.74, 6) is -0.422. The van der Waals surface area contributed by atoms with Crippen LogP contribution in [0.4, 0.5) is 0 Å². The summed E-state index contributed by atoms with van der Waals surface area (Å²) < 4.78 is 1.85. The Hall–Kier alpha value is -4.13. The molecule has 7 heteroatoms. The number of hydrogen-bond acceptors (Lipinski definition) is 4. The highest BCUT2D eigenvalue weighted by Gasteiger charge is 2.12. The summed E-state index contributed by atoms with van der Waals surface area (Å²) in [5.41, 5.74) is 1.76. The van der Waals surface area contributed by atoms with Gasteiger partial charge in [0.2, 0.25) is 5.91 Å². The summed E-state index contributed by atoms with van der Waals surface area (Å²) in [6, 6.07) is 20.7. The van der Waals surface area contributed by atoms with E-state index in [2.05, 4.69) is 10.6 Å². The molecule has 0 radical (unpaired) electrons. The second-order valence-corrected chi connectivity index (χ2v) is 7.46. The zero-order valence-electron chi connectivity index (χ0n) is 17.4. The Labute approximate surface area is 184 Å². The first-order valence-electron chi connectivity index (χ1n) is 10.4. The number of hydrogen-bond donors (Lipinski definition) is 3. The van der Waals surface area contributed by atoms with Crippen LogP contribution in [0.3, 0.4) is 0 Å². The molecular formula is C25H23N3O4. The van der Waals surface area contributed by atoms with Crippen molar-refractivity contribution in [2.75, 3.05) is 13.1 Å². The zero-order chi connectivity index (χ0) is 22.5. The second-order valence-electron chi connectivity index (χ2n) is 7.46. The Kier molecular flexibility index (Phi) is 6.17. The number of amides is 2. The van der Waals surface area contributed by atoms with E-state index in [1.54, 1.807) is 24.3 Å². The predicted octanol–water partition coefficient (Wildman–Crippen LogP) is 2.80. The van der Waals surface area contributed by atoms with Crippen molar-refractivity contribution in [1.82, 2.24) is 15.2 Å². The van der Waals surface area contributed by atoms with Gasteiger partial charge in [0.25, 0.3) is 5.91 Å². The third kappa shape index (κ3) is 4.46. The number of rotatable bonds is 7. The molecule has 162 valence electrons. The minimum Gasteiger partial charge on any atom is -0.508 e. The highest BCUT2D eigenvalue weighted by Crippen LogP contribution is 2.19. The molecule has 0 aliphatic rings. The summed E-state index contributed by atoms with van der Waals surface area (Å²) in [6.07, 6.45) is 0.557. The number of carbonyl (C=O) groups is 2. The maximum absolute atomic E-state index is 12.8. The quantitative estimate of drug-likeness (QED) is 0.311. The molecule has 7 nitrogen and oxygen atoms in total.